The number of carbonyl (C=O) groups is 1. The molecule has 2 rings (SSSR count). The van der Waals surface area contributed by atoms with E-state index in [4.69, 9.17) is 0 Å². The normalized spacial score (nSPS) is 10.3. The van der Waals surface area contributed by atoms with Crippen molar-refractivity contribution >= 4 is 22.9 Å². The summed E-state index contributed by atoms with van der Waals surface area (Å²) in [6, 6.07) is 9.80. The number of thiophene rings is 1. The zero-order valence-corrected chi connectivity index (χ0v) is 12.9. The lowest BCUT2D eigenvalue weighted by atomic mass is 10.2. The van der Waals surface area contributed by atoms with Crippen LogP contribution >= 0.6 is 11.3 Å². The Balaban J connectivity index is 1.97. The van der Waals surface area contributed by atoms with E-state index in [1.54, 1.807) is 0 Å². The van der Waals surface area contributed by atoms with Crippen LogP contribution in [0.3, 0.4) is 0 Å². The third-order valence-electron chi connectivity index (χ3n) is 3.11. The molecular formula is C16H20N2OS. The van der Waals surface area contributed by atoms with Gasteiger partial charge < -0.3 is 10.6 Å². The molecule has 0 bridgehead atoms. The van der Waals surface area contributed by atoms with Crippen molar-refractivity contribution in [3.63, 3.8) is 0 Å². The molecule has 0 unspecified atom stereocenters. The molecule has 0 aliphatic carbocycles. The molecule has 0 aliphatic rings. The summed E-state index contributed by atoms with van der Waals surface area (Å²) in [6.45, 7) is 7.65. The van der Waals surface area contributed by atoms with E-state index in [9.17, 15) is 4.79 Å². The summed E-state index contributed by atoms with van der Waals surface area (Å²) in [4.78, 5) is 14.3. The standard InChI is InChI=1S/C16H20N2OS/c1-4-17-16(19)13-5-7-15(8-6-13)18-10-14-9-11(2)20-12(14)3/h5-9,18H,4,10H2,1-3H3,(H,17,19). The molecule has 0 fully saturated rings. The van der Waals surface area contributed by atoms with Crippen molar-refractivity contribution in [2.24, 2.45) is 0 Å². The minimum absolute atomic E-state index is 0.0247. The van der Waals surface area contributed by atoms with Crippen molar-refractivity contribution in [2.75, 3.05) is 11.9 Å². The quantitative estimate of drug-likeness (QED) is 0.880. The third kappa shape index (κ3) is 3.61. The number of hydrogen-bond acceptors (Lipinski definition) is 3. The van der Waals surface area contributed by atoms with E-state index in [-0.39, 0.29) is 5.91 Å². The first kappa shape index (κ1) is 14.6. The van der Waals surface area contributed by atoms with Gasteiger partial charge in [0, 0.05) is 34.1 Å². The molecule has 3 nitrogen and oxygen atoms in total. The van der Waals surface area contributed by atoms with Crippen LogP contribution in [0.4, 0.5) is 5.69 Å². The molecule has 4 heteroatoms. The van der Waals surface area contributed by atoms with Crippen molar-refractivity contribution in [3.8, 4) is 0 Å². The molecule has 0 spiro atoms. The first-order chi connectivity index (χ1) is 9.60. The molecule has 0 saturated heterocycles. The first-order valence-electron chi connectivity index (χ1n) is 6.78. The fraction of sp³-hybridized carbons (Fsp3) is 0.312. The van der Waals surface area contributed by atoms with Crippen molar-refractivity contribution in [3.05, 3.63) is 51.2 Å². The van der Waals surface area contributed by atoms with Crippen molar-refractivity contribution in [2.45, 2.75) is 27.3 Å². The second kappa shape index (κ2) is 6.57. The van der Waals surface area contributed by atoms with Crippen LogP contribution in [0.25, 0.3) is 0 Å². The predicted molar refractivity (Wildman–Crippen MR) is 85.6 cm³/mol. The van der Waals surface area contributed by atoms with Gasteiger partial charge in [-0.05, 0) is 56.7 Å². The fourth-order valence-electron chi connectivity index (χ4n) is 2.06. The van der Waals surface area contributed by atoms with Gasteiger partial charge in [0.15, 0.2) is 0 Å². The van der Waals surface area contributed by atoms with Crippen LogP contribution in [-0.2, 0) is 6.54 Å². The molecule has 1 amide bonds. The summed E-state index contributed by atoms with van der Waals surface area (Å²) in [7, 11) is 0. The number of benzene rings is 1. The lowest BCUT2D eigenvalue weighted by Crippen LogP contribution is -2.22. The summed E-state index contributed by atoms with van der Waals surface area (Å²) in [5.74, 6) is -0.0247. The van der Waals surface area contributed by atoms with Crippen LogP contribution in [0.2, 0.25) is 0 Å². The molecule has 20 heavy (non-hydrogen) atoms. The lowest BCUT2D eigenvalue weighted by Gasteiger charge is -2.07. The van der Waals surface area contributed by atoms with E-state index in [1.807, 2.05) is 42.5 Å². The Morgan fingerprint density at radius 1 is 1.20 bits per heavy atom. The monoisotopic (exact) mass is 288 g/mol. The Bertz CT molecular complexity index is 587. The molecule has 2 N–H and O–H groups in total. The molecule has 1 aromatic carbocycles. The Morgan fingerprint density at radius 2 is 1.90 bits per heavy atom. The van der Waals surface area contributed by atoms with Gasteiger partial charge in [-0.2, -0.15) is 0 Å². The molecular weight excluding hydrogens is 268 g/mol. The van der Waals surface area contributed by atoms with Gasteiger partial charge in [-0.1, -0.05) is 0 Å². The summed E-state index contributed by atoms with van der Waals surface area (Å²) in [5.41, 5.74) is 3.06. The minimum atomic E-state index is -0.0247. The zero-order valence-electron chi connectivity index (χ0n) is 12.1. The molecule has 0 radical (unpaired) electrons. The molecule has 1 heterocycles. The average molecular weight is 288 g/mol. The molecule has 2 aromatic rings. The summed E-state index contributed by atoms with van der Waals surface area (Å²) < 4.78 is 0. The second-order valence-electron chi connectivity index (χ2n) is 4.73. The van der Waals surface area contributed by atoms with E-state index in [0.717, 1.165) is 12.2 Å². The number of aryl methyl sites for hydroxylation is 2. The van der Waals surface area contributed by atoms with Gasteiger partial charge >= 0.3 is 0 Å². The molecule has 0 atom stereocenters. The second-order valence-corrected chi connectivity index (χ2v) is 6.19. The number of amides is 1. The SMILES string of the molecule is CCNC(=O)c1ccc(NCc2cc(C)sc2C)cc1. The van der Waals surface area contributed by atoms with Crippen LogP contribution in [0.5, 0.6) is 0 Å². The number of rotatable bonds is 5. The molecule has 0 saturated carbocycles. The van der Waals surface area contributed by atoms with Gasteiger partial charge in [0.05, 0.1) is 0 Å². The van der Waals surface area contributed by atoms with Gasteiger partial charge in [-0.25, -0.2) is 0 Å². The van der Waals surface area contributed by atoms with Gasteiger partial charge in [0.25, 0.3) is 5.91 Å². The van der Waals surface area contributed by atoms with Crippen LogP contribution in [0.1, 0.15) is 32.6 Å². The molecule has 106 valence electrons. The third-order valence-corrected chi connectivity index (χ3v) is 4.12. The number of anilines is 1. The van der Waals surface area contributed by atoms with Crippen LogP contribution < -0.4 is 10.6 Å². The van der Waals surface area contributed by atoms with Crippen molar-refractivity contribution < 1.29 is 4.79 Å². The Kier molecular flexibility index (Phi) is 4.79. The Hall–Kier alpha value is -1.81. The predicted octanol–water partition coefficient (Wildman–Crippen LogP) is 3.73. The maximum Gasteiger partial charge on any atom is 0.251 e. The summed E-state index contributed by atoms with van der Waals surface area (Å²) in [5, 5.41) is 6.18. The Labute approximate surface area is 124 Å². The van der Waals surface area contributed by atoms with Crippen LogP contribution in [-0.4, -0.2) is 12.5 Å². The maximum absolute atomic E-state index is 11.7. The number of nitrogens with one attached hydrogen (secondary N) is 2. The smallest absolute Gasteiger partial charge is 0.251 e. The lowest BCUT2D eigenvalue weighted by molar-refractivity contribution is 0.0956. The molecule has 0 aliphatic heterocycles. The zero-order chi connectivity index (χ0) is 14.5. The number of hydrogen-bond donors (Lipinski definition) is 2. The van der Waals surface area contributed by atoms with Gasteiger partial charge in [0.1, 0.15) is 0 Å². The topological polar surface area (TPSA) is 41.1 Å². The van der Waals surface area contributed by atoms with Crippen LogP contribution in [0, 0.1) is 13.8 Å². The molecule has 1 aromatic heterocycles. The van der Waals surface area contributed by atoms with Gasteiger partial charge in [-0.3, -0.25) is 4.79 Å². The van der Waals surface area contributed by atoms with Gasteiger partial charge in [-0.15, -0.1) is 11.3 Å². The van der Waals surface area contributed by atoms with E-state index >= 15 is 0 Å². The van der Waals surface area contributed by atoms with E-state index < -0.39 is 0 Å². The van der Waals surface area contributed by atoms with Crippen molar-refractivity contribution in [1.82, 2.24) is 5.32 Å². The fourth-order valence-corrected chi connectivity index (χ4v) is 3.00. The van der Waals surface area contributed by atoms with E-state index in [1.165, 1.54) is 15.3 Å². The largest absolute Gasteiger partial charge is 0.381 e. The van der Waals surface area contributed by atoms with Crippen LogP contribution in [0.15, 0.2) is 30.3 Å². The highest BCUT2D eigenvalue weighted by Crippen LogP contribution is 2.21. The summed E-state index contributed by atoms with van der Waals surface area (Å²) in [6.07, 6.45) is 0. The highest BCUT2D eigenvalue weighted by atomic mass is 32.1. The first-order valence-corrected chi connectivity index (χ1v) is 7.60. The number of carbonyl (C=O) groups excluding carboxylic acids is 1. The highest BCUT2D eigenvalue weighted by Gasteiger charge is 2.05. The Morgan fingerprint density at radius 3 is 2.45 bits per heavy atom. The van der Waals surface area contributed by atoms with E-state index in [0.29, 0.717) is 12.1 Å². The highest BCUT2D eigenvalue weighted by molar-refractivity contribution is 7.12. The average Bonchev–Trinajstić information content (AvgIpc) is 2.75. The maximum atomic E-state index is 11.7. The summed E-state index contributed by atoms with van der Waals surface area (Å²) >= 11 is 1.82. The van der Waals surface area contributed by atoms with Gasteiger partial charge in [0.2, 0.25) is 0 Å². The minimum Gasteiger partial charge on any atom is -0.381 e. The van der Waals surface area contributed by atoms with E-state index in [2.05, 4.69) is 30.5 Å². The van der Waals surface area contributed by atoms with Crippen molar-refractivity contribution in [1.29, 1.82) is 0 Å².